The molecule has 1 saturated heterocycles. The lowest BCUT2D eigenvalue weighted by atomic mass is 10.2. The summed E-state index contributed by atoms with van der Waals surface area (Å²) in [6.45, 7) is 7.21. The molecular formula is C17H26N2O4S2. The van der Waals surface area contributed by atoms with Crippen molar-refractivity contribution in [3.8, 4) is 5.75 Å². The quantitative estimate of drug-likeness (QED) is 0.729. The fourth-order valence-corrected chi connectivity index (χ4v) is 4.56. The Labute approximate surface area is 154 Å². The van der Waals surface area contributed by atoms with Crippen LogP contribution in [-0.2, 0) is 14.8 Å². The number of hydrogen-bond donors (Lipinski definition) is 1. The van der Waals surface area contributed by atoms with Crippen LogP contribution in [0.2, 0.25) is 0 Å². The van der Waals surface area contributed by atoms with Crippen LogP contribution in [0.3, 0.4) is 0 Å². The smallest absolute Gasteiger partial charge is 0.240 e. The van der Waals surface area contributed by atoms with Crippen LogP contribution in [-0.4, -0.2) is 45.0 Å². The zero-order valence-electron chi connectivity index (χ0n) is 15.2. The van der Waals surface area contributed by atoms with Crippen LogP contribution in [0, 0.1) is 0 Å². The Morgan fingerprint density at radius 2 is 2.04 bits per heavy atom. The van der Waals surface area contributed by atoms with Crippen molar-refractivity contribution in [3.05, 3.63) is 18.2 Å². The van der Waals surface area contributed by atoms with E-state index in [9.17, 15) is 13.2 Å². The maximum atomic E-state index is 12.5. The molecule has 25 heavy (non-hydrogen) atoms. The molecule has 2 rings (SSSR count). The highest BCUT2D eigenvalue weighted by molar-refractivity contribution is 8.00. The number of nitrogens with one attached hydrogen (secondary N) is 1. The first-order chi connectivity index (χ1) is 11.6. The average molecular weight is 387 g/mol. The van der Waals surface area contributed by atoms with Crippen molar-refractivity contribution in [2.75, 3.05) is 30.9 Å². The van der Waals surface area contributed by atoms with E-state index in [0.717, 1.165) is 6.42 Å². The predicted octanol–water partition coefficient (Wildman–Crippen LogP) is 2.63. The molecule has 1 heterocycles. The van der Waals surface area contributed by atoms with Gasteiger partial charge in [0.15, 0.2) is 0 Å². The molecule has 8 heteroatoms. The third-order valence-electron chi connectivity index (χ3n) is 3.75. The molecule has 1 aliphatic rings. The number of amides is 1. The number of nitrogens with zero attached hydrogens (tertiary/aromatic N) is 1. The van der Waals surface area contributed by atoms with Gasteiger partial charge in [-0.1, -0.05) is 20.8 Å². The molecule has 1 aromatic rings. The van der Waals surface area contributed by atoms with Crippen LogP contribution >= 0.6 is 11.8 Å². The Kier molecular flexibility index (Phi) is 6.40. The molecule has 0 atom stereocenters. The zero-order valence-corrected chi connectivity index (χ0v) is 16.8. The molecule has 6 nitrogen and oxygen atoms in total. The van der Waals surface area contributed by atoms with E-state index in [0.29, 0.717) is 36.7 Å². The first kappa shape index (κ1) is 20.1. The molecule has 1 aromatic carbocycles. The average Bonchev–Trinajstić information content (AvgIpc) is 2.96. The Morgan fingerprint density at radius 1 is 1.32 bits per heavy atom. The first-order valence-electron chi connectivity index (χ1n) is 8.26. The summed E-state index contributed by atoms with van der Waals surface area (Å²) in [5, 5.41) is 0. The van der Waals surface area contributed by atoms with Crippen molar-refractivity contribution in [3.63, 3.8) is 0 Å². The largest absolute Gasteiger partial charge is 0.495 e. The van der Waals surface area contributed by atoms with E-state index < -0.39 is 10.0 Å². The van der Waals surface area contributed by atoms with Gasteiger partial charge in [0.2, 0.25) is 15.9 Å². The summed E-state index contributed by atoms with van der Waals surface area (Å²) in [5.74, 6) is 1.18. The summed E-state index contributed by atoms with van der Waals surface area (Å²) in [6, 6.07) is 4.61. The molecule has 0 saturated carbocycles. The molecule has 0 spiro atoms. The lowest BCUT2D eigenvalue weighted by molar-refractivity contribution is -0.117. The van der Waals surface area contributed by atoms with Gasteiger partial charge in [0.05, 0.1) is 17.7 Å². The van der Waals surface area contributed by atoms with Crippen LogP contribution in [0.25, 0.3) is 0 Å². The molecule has 0 aliphatic carbocycles. The van der Waals surface area contributed by atoms with Gasteiger partial charge in [-0.3, -0.25) is 4.79 Å². The van der Waals surface area contributed by atoms with Gasteiger partial charge in [0, 0.05) is 30.0 Å². The highest BCUT2D eigenvalue weighted by Gasteiger charge is 2.26. The summed E-state index contributed by atoms with van der Waals surface area (Å²) in [4.78, 5) is 13.7. The zero-order chi connectivity index (χ0) is 18.7. The highest BCUT2D eigenvalue weighted by Crippen LogP contribution is 2.33. The molecule has 140 valence electrons. The first-order valence-corrected chi connectivity index (χ1v) is 10.7. The second kappa shape index (κ2) is 7.97. The molecule has 0 unspecified atom stereocenters. The molecular weight excluding hydrogens is 360 g/mol. The number of methoxy groups -OCH3 is 1. The molecule has 0 radical (unpaired) electrons. The maximum Gasteiger partial charge on any atom is 0.240 e. The number of hydrogen-bond acceptors (Lipinski definition) is 5. The standard InChI is InChI=1S/C17H26N2O4S2/c1-17(2,3)24-11-9-18-25(21,22)13-7-8-15(23-4)14(12-13)19-10-5-6-16(19)20/h7-8,12,18H,5-6,9-11H2,1-4H3. The normalized spacial score (nSPS) is 15.7. The number of anilines is 1. The summed E-state index contributed by atoms with van der Waals surface area (Å²) >= 11 is 1.70. The third kappa shape index (κ3) is 5.36. The van der Waals surface area contributed by atoms with E-state index in [2.05, 4.69) is 25.5 Å². The Bertz CT molecular complexity index is 727. The number of rotatable bonds is 7. The minimum atomic E-state index is -3.63. The van der Waals surface area contributed by atoms with Crippen LogP contribution in [0.5, 0.6) is 5.75 Å². The lowest BCUT2D eigenvalue weighted by Crippen LogP contribution is -2.28. The number of carbonyl (C=O) groups is 1. The SMILES string of the molecule is COc1ccc(S(=O)(=O)NCCSC(C)(C)C)cc1N1CCCC1=O. The Balaban J connectivity index is 2.16. The highest BCUT2D eigenvalue weighted by atomic mass is 32.2. The Hall–Kier alpha value is -1.25. The van der Waals surface area contributed by atoms with E-state index in [1.807, 2.05) is 0 Å². The van der Waals surface area contributed by atoms with Crippen LogP contribution in [0.15, 0.2) is 23.1 Å². The number of ether oxygens (including phenoxy) is 1. The van der Waals surface area contributed by atoms with Gasteiger partial charge in [-0.2, -0.15) is 11.8 Å². The maximum absolute atomic E-state index is 12.5. The number of thioether (sulfide) groups is 1. The van der Waals surface area contributed by atoms with E-state index in [1.165, 1.54) is 19.2 Å². The molecule has 1 fully saturated rings. The molecule has 0 bridgehead atoms. The molecule has 1 N–H and O–H groups in total. The predicted molar refractivity (Wildman–Crippen MR) is 102 cm³/mol. The van der Waals surface area contributed by atoms with Crippen molar-refractivity contribution in [2.45, 2.75) is 43.3 Å². The van der Waals surface area contributed by atoms with Gasteiger partial charge in [-0.15, -0.1) is 0 Å². The molecule has 1 aliphatic heterocycles. The second-order valence-corrected chi connectivity index (χ2v) is 10.5. The molecule has 0 aromatic heterocycles. The van der Waals surface area contributed by atoms with Crippen molar-refractivity contribution in [1.82, 2.24) is 4.72 Å². The van der Waals surface area contributed by atoms with E-state index in [1.54, 1.807) is 22.7 Å². The van der Waals surface area contributed by atoms with Gasteiger partial charge in [0.1, 0.15) is 5.75 Å². The van der Waals surface area contributed by atoms with Gasteiger partial charge in [-0.25, -0.2) is 13.1 Å². The van der Waals surface area contributed by atoms with Crippen molar-refractivity contribution in [2.24, 2.45) is 0 Å². The van der Waals surface area contributed by atoms with Crippen LogP contribution in [0.1, 0.15) is 33.6 Å². The minimum Gasteiger partial charge on any atom is -0.495 e. The fraction of sp³-hybridized carbons (Fsp3) is 0.588. The van der Waals surface area contributed by atoms with Gasteiger partial charge >= 0.3 is 0 Å². The third-order valence-corrected chi connectivity index (χ3v) is 6.49. The van der Waals surface area contributed by atoms with Gasteiger partial charge < -0.3 is 9.64 Å². The number of benzene rings is 1. The van der Waals surface area contributed by atoms with E-state index in [4.69, 9.17) is 4.74 Å². The topological polar surface area (TPSA) is 75.7 Å². The summed E-state index contributed by atoms with van der Waals surface area (Å²) in [5.41, 5.74) is 0.511. The lowest BCUT2D eigenvalue weighted by Gasteiger charge is -2.20. The number of carbonyl (C=O) groups excluding carboxylic acids is 1. The summed E-state index contributed by atoms with van der Waals surface area (Å²) in [7, 11) is -2.12. The summed E-state index contributed by atoms with van der Waals surface area (Å²) < 4.78 is 33.1. The van der Waals surface area contributed by atoms with E-state index >= 15 is 0 Å². The Morgan fingerprint density at radius 3 is 2.60 bits per heavy atom. The fourth-order valence-electron chi connectivity index (χ4n) is 2.57. The second-order valence-electron chi connectivity index (χ2n) is 6.84. The number of sulfonamides is 1. The van der Waals surface area contributed by atoms with Crippen molar-refractivity contribution < 1.29 is 17.9 Å². The molecule has 1 amide bonds. The minimum absolute atomic E-state index is 0.0117. The van der Waals surface area contributed by atoms with E-state index in [-0.39, 0.29) is 15.5 Å². The van der Waals surface area contributed by atoms with Gasteiger partial charge in [0.25, 0.3) is 0 Å². The van der Waals surface area contributed by atoms with Gasteiger partial charge in [-0.05, 0) is 24.6 Å². The van der Waals surface area contributed by atoms with Crippen molar-refractivity contribution in [1.29, 1.82) is 0 Å². The summed E-state index contributed by atoms with van der Waals surface area (Å²) in [6.07, 6.45) is 1.24. The van der Waals surface area contributed by atoms with Crippen molar-refractivity contribution >= 4 is 33.4 Å². The van der Waals surface area contributed by atoms with Crippen LogP contribution in [0.4, 0.5) is 5.69 Å². The monoisotopic (exact) mass is 386 g/mol. The van der Waals surface area contributed by atoms with Crippen LogP contribution < -0.4 is 14.4 Å².